The minimum Gasteiger partial charge on any atom is -0.360 e. The monoisotopic (exact) mass is 295 g/mol. The highest BCUT2D eigenvalue weighted by atomic mass is 16.5. The van der Waals surface area contributed by atoms with Crippen LogP contribution in [0.25, 0.3) is 0 Å². The van der Waals surface area contributed by atoms with Crippen molar-refractivity contribution in [2.24, 2.45) is 0 Å². The zero-order chi connectivity index (χ0) is 15.2. The number of amides is 2. The number of urea groups is 1. The van der Waals surface area contributed by atoms with Crippen molar-refractivity contribution in [3.63, 3.8) is 0 Å². The molecule has 1 aromatic rings. The fraction of sp³-hybridized carbons (Fsp3) is 0.714. The smallest absolute Gasteiger partial charge is 0.320 e. The molecule has 0 saturated carbocycles. The van der Waals surface area contributed by atoms with E-state index < -0.39 is 0 Å². The molecule has 0 aliphatic carbocycles. The standard InChI is InChI=1S/C14H25N5O2/c1-4-18-5-7-19(8-6-18)11(2)10-15-14(20)16-13-9-12(3)21-17-13/h9,11H,4-8,10H2,1-3H3,(H2,15,16,17,20)/t11-/m1/s1. The highest BCUT2D eigenvalue weighted by Crippen LogP contribution is 2.07. The summed E-state index contributed by atoms with van der Waals surface area (Å²) < 4.78 is 4.90. The third kappa shape index (κ3) is 4.71. The Morgan fingerprint density at radius 2 is 2.14 bits per heavy atom. The molecule has 2 N–H and O–H groups in total. The molecule has 118 valence electrons. The van der Waals surface area contributed by atoms with Gasteiger partial charge in [-0.2, -0.15) is 0 Å². The van der Waals surface area contributed by atoms with Crippen molar-refractivity contribution in [1.82, 2.24) is 20.3 Å². The van der Waals surface area contributed by atoms with Gasteiger partial charge in [-0.05, 0) is 20.4 Å². The van der Waals surface area contributed by atoms with E-state index in [0.717, 1.165) is 32.7 Å². The first kappa shape index (κ1) is 15.8. The molecule has 1 aliphatic heterocycles. The molecule has 0 aromatic carbocycles. The second-order valence-corrected chi connectivity index (χ2v) is 5.48. The molecular weight excluding hydrogens is 270 g/mol. The second-order valence-electron chi connectivity index (χ2n) is 5.48. The van der Waals surface area contributed by atoms with Crippen molar-refractivity contribution >= 4 is 11.8 Å². The second kappa shape index (κ2) is 7.42. The van der Waals surface area contributed by atoms with Gasteiger partial charge in [-0.15, -0.1) is 0 Å². The number of nitrogens with zero attached hydrogens (tertiary/aromatic N) is 3. The SMILES string of the molecule is CCN1CCN([C@H](C)CNC(=O)Nc2cc(C)on2)CC1. The van der Waals surface area contributed by atoms with Crippen LogP contribution in [0.1, 0.15) is 19.6 Å². The van der Waals surface area contributed by atoms with E-state index >= 15 is 0 Å². The molecule has 2 heterocycles. The largest absolute Gasteiger partial charge is 0.360 e. The van der Waals surface area contributed by atoms with Crippen LogP contribution in [0.3, 0.4) is 0 Å². The van der Waals surface area contributed by atoms with Gasteiger partial charge in [0.25, 0.3) is 0 Å². The molecule has 2 rings (SSSR count). The number of rotatable bonds is 5. The zero-order valence-electron chi connectivity index (χ0n) is 13.1. The maximum atomic E-state index is 11.8. The summed E-state index contributed by atoms with van der Waals surface area (Å²) in [5.41, 5.74) is 0. The Labute approximate surface area is 125 Å². The number of likely N-dealkylation sites (N-methyl/N-ethyl adjacent to an activating group) is 1. The molecule has 0 unspecified atom stereocenters. The number of aromatic nitrogens is 1. The molecule has 1 atom stereocenters. The normalized spacial score (nSPS) is 18.4. The van der Waals surface area contributed by atoms with Crippen LogP contribution in [0, 0.1) is 6.92 Å². The van der Waals surface area contributed by atoms with Crippen LogP contribution in [0.15, 0.2) is 10.6 Å². The number of anilines is 1. The number of hydrogen-bond donors (Lipinski definition) is 2. The third-order valence-corrected chi connectivity index (χ3v) is 3.91. The Morgan fingerprint density at radius 3 is 2.71 bits per heavy atom. The van der Waals surface area contributed by atoms with Crippen LogP contribution in [-0.2, 0) is 0 Å². The maximum absolute atomic E-state index is 11.8. The van der Waals surface area contributed by atoms with Crippen molar-refractivity contribution < 1.29 is 9.32 Å². The average molecular weight is 295 g/mol. The van der Waals surface area contributed by atoms with Crippen LogP contribution >= 0.6 is 0 Å². The predicted molar refractivity (Wildman–Crippen MR) is 81.4 cm³/mol. The van der Waals surface area contributed by atoms with E-state index in [0.29, 0.717) is 24.2 Å². The first-order valence-electron chi connectivity index (χ1n) is 7.53. The summed E-state index contributed by atoms with van der Waals surface area (Å²) in [7, 11) is 0. The van der Waals surface area contributed by atoms with Crippen molar-refractivity contribution in [2.45, 2.75) is 26.8 Å². The Morgan fingerprint density at radius 1 is 1.43 bits per heavy atom. The molecule has 21 heavy (non-hydrogen) atoms. The highest BCUT2D eigenvalue weighted by molar-refractivity contribution is 5.88. The molecule has 7 nitrogen and oxygen atoms in total. The lowest BCUT2D eigenvalue weighted by atomic mass is 10.2. The Balaban J connectivity index is 1.68. The van der Waals surface area contributed by atoms with E-state index in [-0.39, 0.29) is 6.03 Å². The third-order valence-electron chi connectivity index (χ3n) is 3.91. The molecule has 2 amide bonds. The first-order valence-corrected chi connectivity index (χ1v) is 7.53. The summed E-state index contributed by atoms with van der Waals surface area (Å²) in [5, 5.41) is 9.26. The van der Waals surface area contributed by atoms with Crippen molar-refractivity contribution in [3.05, 3.63) is 11.8 Å². The summed E-state index contributed by atoms with van der Waals surface area (Å²) in [6.45, 7) is 12.2. The van der Waals surface area contributed by atoms with E-state index in [4.69, 9.17) is 4.52 Å². The quantitative estimate of drug-likeness (QED) is 0.852. The molecule has 0 radical (unpaired) electrons. The summed E-state index contributed by atoms with van der Waals surface area (Å²) in [6.07, 6.45) is 0. The minimum absolute atomic E-state index is 0.248. The zero-order valence-corrected chi connectivity index (χ0v) is 13.1. The number of carbonyl (C=O) groups excluding carboxylic acids is 1. The first-order chi connectivity index (χ1) is 10.1. The van der Waals surface area contributed by atoms with Crippen LogP contribution in [0.2, 0.25) is 0 Å². The van der Waals surface area contributed by atoms with Gasteiger partial charge in [-0.25, -0.2) is 4.79 Å². The number of nitrogens with one attached hydrogen (secondary N) is 2. The minimum atomic E-state index is -0.248. The number of aryl methyl sites for hydroxylation is 1. The van der Waals surface area contributed by atoms with Gasteiger partial charge in [-0.1, -0.05) is 12.1 Å². The highest BCUT2D eigenvalue weighted by Gasteiger charge is 2.20. The van der Waals surface area contributed by atoms with E-state index in [2.05, 4.69) is 39.4 Å². The number of hydrogen-bond acceptors (Lipinski definition) is 5. The molecule has 1 aliphatic rings. The lowest BCUT2D eigenvalue weighted by Gasteiger charge is -2.37. The molecule has 0 spiro atoms. The number of piperazine rings is 1. The van der Waals surface area contributed by atoms with Gasteiger partial charge >= 0.3 is 6.03 Å². The topological polar surface area (TPSA) is 73.6 Å². The molecule has 0 bridgehead atoms. The average Bonchev–Trinajstić information content (AvgIpc) is 2.90. The van der Waals surface area contributed by atoms with Crippen molar-refractivity contribution in [1.29, 1.82) is 0 Å². The van der Waals surface area contributed by atoms with E-state index in [1.165, 1.54) is 0 Å². The number of carbonyl (C=O) groups is 1. The predicted octanol–water partition coefficient (Wildman–Crippen LogP) is 1.13. The van der Waals surface area contributed by atoms with Gasteiger partial charge < -0.3 is 14.7 Å². The molecule has 1 fully saturated rings. The lowest BCUT2D eigenvalue weighted by molar-refractivity contribution is 0.106. The summed E-state index contributed by atoms with van der Waals surface area (Å²) in [5.74, 6) is 1.11. The lowest BCUT2D eigenvalue weighted by Crippen LogP contribution is -2.52. The van der Waals surface area contributed by atoms with Crippen molar-refractivity contribution in [2.75, 3.05) is 44.6 Å². The van der Waals surface area contributed by atoms with Gasteiger partial charge in [0.15, 0.2) is 5.82 Å². The van der Waals surface area contributed by atoms with Gasteiger partial charge in [0.1, 0.15) is 5.76 Å². The van der Waals surface area contributed by atoms with E-state index in [1.807, 2.05) is 0 Å². The van der Waals surface area contributed by atoms with E-state index in [9.17, 15) is 4.79 Å². The van der Waals surface area contributed by atoms with Crippen molar-refractivity contribution in [3.8, 4) is 0 Å². The van der Waals surface area contributed by atoms with Crippen LogP contribution in [0.5, 0.6) is 0 Å². The van der Waals surface area contributed by atoms with Gasteiger partial charge in [0.05, 0.1) is 0 Å². The summed E-state index contributed by atoms with van der Waals surface area (Å²) >= 11 is 0. The maximum Gasteiger partial charge on any atom is 0.320 e. The Bertz CT molecular complexity index is 454. The van der Waals surface area contributed by atoms with Gasteiger partial charge in [0, 0.05) is 44.8 Å². The van der Waals surface area contributed by atoms with E-state index in [1.54, 1.807) is 13.0 Å². The van der Waals surface area contributed by atoms with Crippen LogP contribution in [0.4, 0.5) is 10.6 Å². The molecule has 1 saturated heterocycles. The fourth-order valence-corrected chi connectivity index (χ4v) is 2.48. The molecule has 1 aromatic heterocycles. The van der Waals surface area contributed by atoms with Crippen LogP contribution in [-0.4, -0.2) is 66.3 Å². The Hall–Kier alpha value is -1.60. The fourth-order valence-electron chi connectivity index (χ4n) is 2.48. The molecular formula is C14H25N5O2. The molecule has 7 heteroatoms. The Kier molecular flexibility index (Phi) is 5.58. The summed E-state index contributed by atoms with van der Waals surface area (Å²) in [6, 6.07) is 1.77. The van der Waals surface area contributed by atoms with Crippen LogP contribution < -0.4 is 10.6 Å². The van der Waals surface area contributed by atoms with Gasteiger partial charge in [0.2, 0.25) is 0 Å². The van der Waals surface area contributed by atoms with Gasteiger partial charge in [-0.3, -0.25) is 10.2 Å². The summed E-state index contributed by atoms with van der Waals surface area (Å²) in [4.78, 5) is 16.6.